The molecule has 0 bridgehead atoms. The lowest BCUT2D eigenvalue weighted by Crippen LogP contribution is -2.41. The number of halogens is 3. The van der Waals surface area contributed by atoms with Crippen molar-refractivity contribution in [2.24, 2.45) is 11.8 Å². The zero-order chi connectivity index (χ0) is 22.1. The van der Waals surface area contributed by atoms with Gasteiger partial charge in [-0.3, -0.25) is 9.59 Å². The Labute approximate surface area is 176 Å². The summed E-state index contributed by atoms with van der Waals surface area (Å²) in [6.07, 6.45) is -3.48. The monoisotopic (exact) mass is 442 g/mol. The highest BCUT2D eigenvalue weighted by molar-refractivity contribution is 7.17. The topological polar surface area (TPSA) is 74.3 Å². The molecule has 2 aromatic heterocycles. The molecule has 164 valence electrons. The summed E-state index contributed by atoms with van der Waals surface area (Å²) in [6, 6.07) is 1.05. The van der Waals surface area contributed by atoms with Crippen LogP contribution >= 0.6 is 11.3 Å². The minimum absolute atomic E-state index is 0.0116. The molecule has 1 aliphatic rings. The third kappa shape index (κ3) is 4.69. The van der Waals surface area contributed by atoms with E-state index in [4.69, 9.17) is 0 Å². The molecule has 10 heteroatoms. The van der Waals surface area contributed by atoms with Crippen LogP contribution in [0.4, 0.5) is 19.0 Å². The Bertz CT molecular complexity index is 934. The van der Waals surface area contributed by atoms with Gasteiger partial charge in [0.05, 0.1) is 21.3 Å². The lowest BCUT2D eigenvalue weighted by Gasteiger charge is -2.32. The van der Waals surface area contributed by atoms with Gasteiger partial charge in [-0.05, 0) is 24.8 Å². The molecule has 0 radical (unpaired) electrons. The number of carbonyl (C=O) groups is 2. The van der Waals surface area contributed by atoms with Crippen molar-refractivity contribution in [2.45, 2.75) is 32.9 Å². The number of thiophene rings is 1. The number of rotatable bonds is 5. The number of nitrogens with one attached hydrogen (secondary N) is 2. The maximum Gasteiger partial charge on any atom is 0.417 e. The van der Waals surface area contributed by atoms with Crippen LogP contribution < -0.4 is 15.5 Å². The third-order valence-corrected chi connectivity index (χ3v) is 6.16. The number of fused-ring (bicyclic) bond motifs is 1. The summed E-state index contributed by atoms with van der Waals surface area (Å²) in [5.74, 6) is -0.110. The van der Waals surface area contributed by atoms with Crippen LogP contribution in [0.25, 0.3) is 10.2 Å². The fourth-order valence-corrected chi connectivity index (χ4v) is 4.51. The second-order valence-corrected chi connectivity index (χ2v) is 8.71. The molecule has 0 atom stereocenters. The molecular formula is C20H25F3N4O2S. The van der Waals surface area contributed by atoms with Gasteiger partial charge in [-0.25, -0.2) is 4.98 Å². The molecule has 0 aliphatic carbocycles. The molecule has 0 spiro atoms. The molecule has 0 saturated carbocycles. The van der Waals surface area contributed by atoms with Crippen LogP contribution in [-0.4, -0.2) is 43.5 Å². The molecule has 1 saturated heterocycles. The van der Waals surface area contributed by atoms with Gasteiger partial charge < -0.3 is 15.5 Å². The SMILES string of the molecule is CNC(=O)c1csc2c(C(F)(F)F)cc(N3CCC(C(=O)NCC(C)C)CC3)nc12. The summed E-state index contributed by atoms with van der Waals surface area (Å²) in [7, 11) is 1.43. The maximum absolute atomic E-state index is 13.7. The average Bonchev–Trinajstić information content (AvgIpc) is 3.14. The summed E-state index contributed by atoms with van der Waals surface area (Å²) < 4.78 is 41.0. The smallest absolute Gasteiger partial charge is 0.357 e. The van der Waals surface area contributed by atoms with Crippen molar-refractivity contribution in [1.29, 1.82) is 0 Å². The molecule has 3 rings (SSSR count). The highest BCUT2D eigenvalue weighted by Crippen LogP contribution is 2.40. The van der Waals surface area contributed by atoms with Crippen LogP contribution in [0.3, 0.4) is 0 Å². The van der Waals surface area contributed by atoms with Gasteiger partial charge in [-0.2, -0.15) is 13.2 Å². The number of amides is 2. The number of alkyl halides is 3. The summed E-state index contributed by atoms with van der Waals surface area (Å²) in [5.41, 5.74) is -0.603. The summed E-state index contributed by atoms with van der Waals surface area (Å²) in [5, 5.41) is 6.76. The Kier molecular flexibility index (Phi) is 6.54. The van der Waals surface area contributed by atoms with E-state index in [0.29, 0.717) is 38.4 Å². The fourth-order valence-electron chi connectivity index (χ4n) is 3.48. The van der Waals surface area contributed by atoms with Crippen molar-refractivity contribution in [2.75, 3.05) is 31.6 Å². The van der Waals surface area contributed by atoms with E-state index in [1.165, 1.54) is 12.4 Å². The summed E-state index contributed by atoms with van der Waals surface area (Å²) in [4.78, 5) is 30.5. The second kappa shape index (κ2) is 8.79. The van der Waals surface area contributed by atoms with Gasteiger partial charge in [-0.1, -0.05) is 13.8 Å². The van der Waals surface area contributed by atoms with Gasteiger partial charge in [0.15, 0.2) is 0 Å². The summed E-state index contributed by atoms with van der Waals surface area (Å²) >= 11 is 0.864. The zero-order valence-electron chi connectivity index (χ0n) is 17.1. The lowest BCUT2D eigenvalue weighted by atomic mass is 9.95. The Morgan fingerprint density at radius 1 is 1.30 bits per heavy atom. The first-order chi connectivity index (χ1) is 14.1. The highest BCUT2D eigenvalue weighted by Gasteiger charge is 2.36. The van der Waals surface area contributed by atoms with Crippen molar-refractivity contribution < 1.29 is 22.8 Å². The van der Waals surface area contributed by atoms with Gasteiger partial charge in [0.1, 0.15) is 5.82 Å². The average molecular weight is 443 g/mol. The zero-order valence-corrected chi connectivity index (χ0v) is 17.9. The Balaban J connectivity index is 1.86. The van der Waals surface area contributed by atoms with Gasteiger partial charge >= 0.3 is 6.18 Å². The van der Waals surface area contributed by atoms with E-state index in [9.17, 15) is 22.8 Å². The van der Waals surface area contributed by atoms with Crippen LogP contribution in [-0.2, 0) is 11.0 Å². The Morgan fingerprint density at radius 2 is 1.97 bits per heavy atom. The predicted octanol–water partition coefficient (Wildman–Crippen LogP) is 3.66. The molecule has 2 N–H and O–H groups in total. The molecule has 2 aromatic rings. The van der Waals surface area contributed by atoms with E-state index in [2.05, 4.69) is 15.6 Å². The van der Waals surface area contributed by atoms with E-state index in [1.807, 2.05) is 13.8 Å². The number of hydrogen-bond acceptors (Lipinski definition) is 5. The molecular weight excluding hydrogens is 417 g/mol. The molecule has 1 fully saturated rings. The van der Waals surface area contributed by atoms with E-state index in [1.54, 1.807) is 4.90 Å². The molecule has 2 amide bonds. The third-order valence-electron chi connectivity index (χ3n) is 5.16. The normalized spacial score (nSPS) is 15.6. The first kappa shape index (κ1) is 22.3. The van der Waals surface area contributed by atoms with Gasteiger partial charge in [-0.15, -0.1) is 11.3 Å². The van der Waals surface area contributed by atoms with E-state index in [0.717, 1.165) is 17.4 Å². The molecule has 6 nitrogen and oxygen atoms in total. The highest BCUT2D eigenvalue weighted by atomic mass is 32.1. The van der Waals surface area contributed by atoms with E-state index < -0.39 is 17.6 Å². The van der Waals surface area contributed by atoms with E-state index >= 15 is 0 Å². The Morgan fingerprint density at radius 3 is 2.53 bits per heavy atom. The number of carbonyl (C=O) groups excluding carboxylic acids is 2. The Hall–Kier alpha value is -2.36. The number of aromatic nitrogens is 1. The van der Waals surface area contributed by atoms with Crippen LogP contribution in [0.1, 0.15) is 42.6 Å². The van der Waals surface area contributed by atoms with Crippen molar-refractivity contribution in [1.82, 2.24) is 15.6 Å². The minimum atomic E-state index is -4.56. The van der Waals surface area contributed by atoms with Crippen LogP contribution in [0, 0.1) is 11.8 Å². The van der Waals surface area contributed by atoms with Gasteiger partial charge in [0, 0.05) is 38.0 Å². The largest absolute Gasteiger partial charge is 0.417 e. The molecule has 0 aromatic carbocycles. The van der Waals surface area contributed by atoms with E-state index in [-0.39, 0.29) is 33.4 Å². The van der Waals surface area contributed by atoms with Crippen molar-refractivity contribution in [3.63, 3.8) is 0 Å². The number of pyridine rings is 1. The van der Waals surface area contributed by atoms with Crippen LogP contribution in [0.5, 0.6) is 0 Å². The molecule has 0 unspecified atom stereocenters. The van der Waals surface area contributed by atoms with Crippen molar-refractivity contribution >= 4 is 39.2 Å². The first-order valence-electron chi connectivity index (χ1n) is 9.86. The van der Waals surface area contributed by atoms with Crippen molar-refractivity contribution in [3.8, 4) is 0 Å². The number of anilines is 1. The lowest BCUT2D eigenvalue weighted by molar-refractivity contribution is -0.136. The fraction of sp³-hybridized carbons (Fsp3) is 0.550. The molecule has 30 heavy (non-hydrogen) atoms. The number of hydrogen-bond donors (Lipinski definition) is 2. The quantitative estimate of drug-likeness (QED) is 0.741. The van der Waals surface area contributed by atoms with Gasteiger partial charge in [0.2, 0.25) is 5.91 Å². The van der Waals surface area contributed by atoms with Crippen LogP contribution in [0.2, 0.25) is 0 Å². The predicted molar refractivity (Wildman–Crippen MR) is 111 cm³/mol. The first-order valence-corrected chi connectivity index (χ1v) is 10.7. The summed E-state index contributed by atoms with van der Waals surface area (Å²) in [6.45, 7) is 5.48. The number of piperidine rings is 1. The maximum atomic E-state index is 13.7. The number of nitrogens with zero attached hydrogens (tertiary/aromatic N) is 2. The second-order valence-electron chi connectivity index (χ2n) is 7.83. The van der Waals surface area contributed by atoms with Crippen molar-refractivity contribution in [3.05, 3.63) is 22.6 Å². The van der Waals surface area contributed by atoms with Crippen LogP contribution in [0.15, 0.2) is 11.4 Å². The standard InChI is InChI=1S/C20H25F3N4O2S/c1-11(2)9-25-18(28)12-4-6-27(7-5-12)15-8-14(20(21,22)23)17-16(26-15)13(10-30-17)19(29)24-3/h8,10-12H,4-7,9H2,1-3H3,(H,24,29)(H,25,28). The minimum Gasteiger partial charge on any atom is -0.357 e. The molecule has 1 aliphatic heterocycles. The van der Waals surface area contributed by atoms with Gasteiger partial charge in [0.25, 0.3) is 5.91 Å². The molecule has 3 heterocycles.